The van der Waals surface area contributed by atoms with E-state index in [1.165, 1.54) is 6.42 Å². The number of aliphatic imine (C=N–C) groups is 1. The largest absolute Gasteiger partial charge is 0.356 e. The van der Waals surface area contributed by atoms with Crippen LogP contribution in [-0.4, -0.2) is 75.5 Å². The maximum absolute atomic E-state index is 12.1. The van der Waals surface area contributed by atoms with Crippen molar-refractivity contribution in [1.82, 2.24) is 20.4 Å². The monoisotopic (exact) mass is 503 g/mol. The van der Waals surface area contributed by atoms with Gasteiger partial charge in [-0.25, -0.2) is 0 Å². The summed E-state index contributed by atoms with van der Waals surface area (Å²) in [6.45, 7) is 7.24. The molecule has 0 saturated carbocycles. The van der Waals surface area contributed by atoms with E-state index < -0.39 is 0 Å². The maximum atomic E-state index is 12.1. The van der Waals surface area contributed by atoms with E-state index in [1.807, 2.05) is 18.2 Å². The summed E-state index contributed by atoms with van der Waals surface area (Å²) in [4.78, 5) is 20.3. The van der Waals surface area contributed by atoms with Gasteiger partial charge in [0.25, 0.3) is 5.91 Å². The lowest BCUT2D eigenvalue weighted by molar-refractivity contribution is 0.0827. The molecule has 0 aliphatic carbocycles. The van der Waals surface area contributed by atoms with Crippen molar-refractivity contribution in [2.24, 2.45) is 4.99 Å². The lowest BCUT2D eigenvalue weighted by Gasteiger charge is -2.20. The number of carbonyl (C=O) groups is 1. The van der Waals surface area contributed by atoms with Crippen LogP contribution in [0.2, 0.25) is 0 Å². The molecule has 0 aliphatic rings. The fourth-order valence-corrected chi connectivity index (χ4v) is 2.62. The lowest BCUT2D eigenvalue weighted by atomic mass is 10.1. The molecule has 28 heavy (non-hydrogen) atoms. The minimum Gasteiger partial charge on any atom is -0.356 e. The summed E-state index contributed by atoms with van der Waals surface area (Å²) in [7, 11) is 7.50. The van der Waals surface area contributed by atoms with E-state index in [4.69, 9.17) is 0 Å². The van der Waals surface area contributed by atoms with Crippen molar-refractivity contribution >= 4 is 35.8 Å². The summed E-state index contributed by atoms with van der Waals surface area (Å²) in [5, 5.41) is 6.70. The number of nitrogens with zero attached hydrogens (tertiary/aromatic N) is 3. The Labute approximate surface area is 188 Å². The molecule has 1 rings (SSSR count). The van der Waals surface area contributed by atoms with Crippen molar-refractivity contribution < 1.29 is 4.79 Å². The number of amides is 1. The lowest BCUT2D eigenvalue weighted by Crippen LogP contribution is -2.39. The zero-order valence-electron chi connectivity index (χ0n) is 18.3. The van der Waals surface area contributed by atoms with Crippen LogP contribution in [0, 0.1) is 0 Å². The molecule has 1 aromatic carbocycles. The Morgan fingerprint density at radius 1 is 1.11 bits per heavy atom. The van der Waals surface area contributed by atoms with Gasteiger partial charge in [-0.2, -0.15) is 0 Å². The summed E-state index contributed by atoms with van der Waals surface area (Å²) >= 11 is 0. The molecule has 0 radical (unpaired) electrons. The Bertz CT molecular complexity index is 604. The van der Waals surface area contributed by atoms with Crippen molar-refractivity contribution in [3.05, 3.63) is 35.4 Å². The quantitative estimate of drug-likeness (QED) is 0.223. The second-order valence-corrected chi connectivity index (χ2v) is 7.36. The van der Waals surface area contributed by atoms with Crippen molar-refractivity contribution in [1.29, 1.82) is 0 Å². The third-order valence-electron chi connectivity index (χ3n) is 4.62. The number of unbranched alkanes of at least 4 members (excludes halogenated alkanes) is 1. The molecule has 160 valence electrons. The van der Waals surface area contributed by atoms with Crippen molar-refractivity contribution in [3.63, 3.8) is 0 Å². The first-order valence-electron chi connectivity index (χ1n) is 9.80. The second kappa shape index (κ2) is 14.6. The molecule has 0 saturated heterocycles. The van der Waals surface area contributed by atoms with E-state index >= 15 is 0 Å². The van der Waals surface area contributed by atoms with Gasteiger partial charge in [-0.1, -0.05) is 12.1 Å². The van der Waals surface area contributed by atoms with Gasteiger partial charge >= 0.3 is 0 Å². The number of benzene rings is 1. The molecule has 1 aromatic rings. The Morgan fingerprint density at radius 3 is 2.39 bits per heavy atom. The summed E-state index contributed by atoms with van der Waals surface area (Å²) in [6.07, 6.45) is 3.13. The first-order valence-corrected chi connectivity index (χ1v) is 9.80. The van der Waals surface area contributed by atoms with Gasteiger partial charge in [-0.15, -0.1) is 24.0 Å². The van der Waals surface area contributed by atoms with Crippen molar-refractivity contribution in [3.8, 4) is 0 Å². The van der Waals surface area contributed by atoms with Gasteiger partial charge in [0.2, 0.25) is 0 Å². The van der Waals surface area contributed by atoms with Crippen LogP contribution in [0.4, 0.5) is 0 Å². The third kappa shape index (κ3) is 10.3. The highest BCUT2D eigenvalue weighted by atomic mass is 127. The Morgan fingerprint density at radius 2 is 1.79 bits per heavy atom. The molecular weight excluding hydrogens is 465 g/mol. The summed E-state index contributed by atoms with van der Waals surface area (Å²) in [5.74, 6) is 0.859. The van der Waals surface area contributed by atoms with Gasteiger partial charge < -0.3 is 20.4 Å². The van der Waals surface area contributed by atoms with Gasteiger partial charge in [0.15, 0.2) is 5.96 Å². The number of carbonyl (C=O) groups excluding carboxylic acids is 1. The van der Waals surface area contributed by atoms with Gasteiger partial charge in [-0.05, 0) is 64.4 Å². The van der Waals surface area contributed by atoms with Gasteiger partial charge in [-0.3, -0.25) is 9.79 Å². The van der Waals surface area contributed by atoms with Crippen LogP contribution in [0.1, 0.15) is 42.6 Å². The highest BCUT2D eigenvalue weighted by Crippen LogP contribution is 2.07. The second-order valence-electron chi connectivity index (χ2n) is 7.36. The molecule has 2 N–H and O–H groups in total. The highest BCUT2D eigenvalue weighted by Gasteiger charge is 2.08. The molecule has 0 bridgehead atoms. The average Bonchev–Trinajstić information content (AvgIpc) is 2.65. The topological polar surface area (TPSA) is 60.0 Å². The number of guanidine groups is 1. The zero-order chi connectivity index (χ0) is 20.2. The van der Waals surface area contributed by atoms with Crippen LogP contribution in [0.3, 0.4) is 0 Å². The van der Waals surface area contributed by atoms with Crippen LogP contribution in [-0.2, 0) is 6.42 Å². The van der Waals surface area contributed by atoms with E-state index in [1.54, 1.807) is 26.0 Å². The molecule has 7 heteroatoms. The first kappa shape index (κ1) is 26.6. The molecule has 1 amide bonds. The van der Waals surface area contributed by atoms with E-state index in [9.17, 15) is 4.79 Å². The molecule has 0 aromatic heterocycles. The molecule has 0 unspecified atom stereocenters. The highest BCUT2D eigenvalue weighted by molar-refractivity contribution is 14.0. The van der Waals surface area contributed by atoms with Crippen LogP contribution in [0.5, 0.6) is 0 Å². The van der Waals surface area contributed by atoms with Crippen LogP contribution < -0.4 is 10.6 Å². The summed E-state index contributed by atoms with van der Waals surface area (Å²) < 4.78 is 0. The number of rotatable bonds is 10. The molecule has 6 nitrogen and oxygen atoms in total. The first-order chi connectivity index (χ1) is 12.8. The van der Waals surface area contributed by atoms with E-state index in [-0.39, 0.29) is 29.9 Å². The summed E-state index contributed by atoms with van der Waals surface area (Å²) in [6, 6.07) is 8.41. The molecular formula is C21H38IN5O. The number of nitrogens with one attached hydrogen (secondary N) is 2. The smallest absolute Gasteiger partial charge is 0.253 e. The number of halogens is 1. The average molecular weight is 503 g/mol. The van der Waals surface area contributed by atoms with Crippen LogP contribution in [0.15, 0.2) is 29.3 Å². The maximum Gasteiger partial charge on any atom is 0.253 e. The van der Waals surface area contributed by atoms with E-state index in [0.29, 0.717) is 6.04 Å². The zero-order valence-corrected chi connectivity index (χ0v) is 20.6. The molecule has 0 spiro atoms. The van der Waals surface area contributed by atoms with Gasteiger partial charge in [0.1, 0.15) is 0 Å². The van der Waals surface area contributed by atoms with E-state index in [0.717, 1.165) is 49.6 Å². The Balaban J connectivity index is 0.00000729. The SMILES string of the molecule is CN=C(NCCCCN(C)C(C)C)NCCc1cccc(C(=O)N(C)C)c1.I. The fourth-order valence-electron chi connectivity index (χ4n) is 2.62. The normalized spacial score (nSPS) is 11.4. The summed E-state index contributed by atoms with van der Waals surface area (Å²) in [5.41, 5.74) is 1.87. The van der Waals surface area contributed by atoms with Crippen molar-refractivity contribution in [2.45, 2.75) is 39.2 Å². The number of hydrogen-bond acceptors (Lipinski definition) is 3. The molecule has 0 fully saturated rings. The van der Waals surface area contributed by atoms with E-state index in [2.05, 4.69) is 47.5 Å². The Kier molecular flexibility index (Phi) is 13.9. The number of hydrogen-bond donors (Lipinski definition) is 2. The third-order valence-corrected chi connectivity index (χ3v) is 4.62. The predicted octanol–water partition coefficient (Wildman–Crippen LogP) is 2.83. The molecule has 0 heterocycles. The van der Waals surface area contributed by atoms with Crippen molar-refractivity contribution in [2.75, 3.05) is 47.8 Å². The van der Waals surface area contributed by atoms with Crippen LogP contribution in [0.25, 0.3) is 0 Å². The minimum absolute atomic E-state index is 0. The standard InChI is InChI=1S/C21H37N5O.HI/c1-17(2)26(6)15-8-7-13-23-21(22-3)24-14-12-18-10-9-11-19(16-18)20(27)25(4)5;/h9-11,16-17H,7-8,12-15H2,1-6H3,(H2,22,23,24);1H. The molecule has 0 atom stereocenters. The fraction of sp³-hybridized carbons (Fsp3) is 0.619. The minimum atomic E-state index is 0. The Hall–Kier alpha value is -1.35. The van der Waals surface area contributed by atoms with Crippen LogP contribution >= 0.6 is 24.0 Å². The van der Waals surface area contributed by atoms with Gasteiger partial charge in [0.05, 0.1) is 0 Å². The van der Waals surface area contributed by atoms with Gasteiger partial charge in [0, 0.05) is 45.8 Å². The molecule has 0 aliphatic heterocycles. The predicted molar refractivity (Wildman–Crippen MR) is 130 cm³/mol.